The van der Waals surface area contributed by atoms with Crippen molar-refractivity contribution < 1.29 is 4.39 Å². The minimum Gasteiger partial charge on any atom is -0.298 e. The first-order valence-electron chi connectivity index (χ1n) is 9.03. The van der Waals surface area contributed by atoms with Crippen molar-refractivity contribution in [3.8, 4) is 0 Å². The van der Waals surface area contributed by atoms with E-state index < -0.39 is 6.17 Å². The summed E-state index contributed by atoms with van der Waals surface area (Å²) in [6, 6.07) is 22.4. The van der Waals surface area contributed by atoms with E-state index in [1.54, 1.807) is 0 Å². The highest BCUT2D eigenvalue weighted by molar-refractivity contribution is 5.32. The Hall–Kier alpha value is -1.71. The predicted octanol–water partition coefficient (Wildman–Crippen LogP) is 3.89. The summed E-state index contributed by atoms with van der Waals surface area (Å²) in [7, 11) is 0. The van der Waals surface area contributed by atoms with Gasteiger partial charge < -0.3 is 0 Å². The summed E-state index contributed by atoms with van der Waals surface area (Å²) in [5.41, 5.74) is 2.70. The monoisotopic (exact) mass is 324 g/mol. The van der Waals surface area contributed by atoms with Gasteiger partial charge >= 0.3 is 0 Å². The van der Waals surface area contributed by atoms with Crippen LogP contribution in [0, 0.1) is 0 Å². The second-order valence-electron chi connectivity index (χ2n) is 7.04. The van der Waals surface area contributed by atoms with Crippen LogP contribution in [0.4, 0.5) is 4.39 Å². The van der Waals surface area contributed by atoms with Crippen molar-refractivity contribution in [2.75, 3.05) is 26.2 Å². The van der Waals surface area contributed by atoms with Gasteiger partial charge in [-0.15, -0.1) is 0 Å². The van der Waals surface area contributed by atoms with Crippen LogP contribution in [-0.4, -0.2) is 48.2 Å². The average molecular weight is 324 g/mol. The molecule has 2 nitrogen and oxygen atoms in total. The summed E-state index contributed by atoms with van der Waals surface area (Å²) < 4.78 is 13.4. The second-order valence-corrected chi connectivity index (χ2v) is 7.04. The number of piperidine rings is 1. The first-order valence-corrected chi connectivity index (χ1v) is 9.03. The highest BCUT2D eigenvalue weighted by Gasteiger charge is 2.38. The smallest absolute Gasteiger partial charge is 0.103 e. The van der Waals surface area contributed by atoms with E-state index in [2.05, 4.69) is 70.5 Å². The van der Waals surface area contributed by atoms with E-state index in [4.69, 9.17) is 0 Å². The van der Waals surface area contributed by atoms with Crippen LogP contribution < -0.4 is 0 Å². The molecule has 0 saturated carbocycles. The fourth-order valence-corrected chi connectivity index (χ4v) is 4.05. The van der Waals surface area contributed by atoms with Crippen molar-refractivity contribution in [2.45, 2.75) is 31.1 Å². The normalized spacial score (nSPS) is 21.1. The topological polar surface area (TPSA) is 6.48 Å². The summed E-state index contributed by atoms with van der Waals surface area (Å²) in [4.78, 5) is 5.04. The number of nitrogens with zero attached hydrogens (tertiary/aromatic N) is 2. The minimum atomic E-state index is -0.584. The van der Waals surface area contributed by atoms with Crippen molar-refractivity contribution in [3.05, 3.63) is 71.8 Å². The zero-order chi connectivity index (χ0) is 16.4. The van der Waals surface area contributed by atoms with Crippen LogP contribution in [0.2, 0.25) is 0 Å². The summed E-state index contributed by atoms with van der Waals surface area (Å²) >= 11 is 0. The Bertz CT molecular complexity index is 592. The molecular weight excluding hydrogens is 299 g/mol. The van der Waals surface area contributed by atoms with Gasteiger partial charge in [0.15, 0.2) is 0 Å². The van der Waals surface area contributed by atoms with E-state index in [1.165, 1.54) is 11.1 Å². The molecule has 126 valence electrons. The van der Waals surface area contributed by atoms with E-state index in [0.717, 1.165) is 26.2 Å². The van der Waals surface area contributed by atoms with Crippen molar-refractivity contribution in [1.29, 1.82) is 0 Å². The Morgan fingerprint density at radius 1 is 0.792 bits per heavy atom. The molecule has 0 atom stereocenters. The van der Waals surface area contributed by atoms with Crippen molar-refractivity contribution in [2.24, 2.45) is 0 Å². The molecule has 0 amide bonds. The van der Waals surface area contributed by atoms with Crippen molar-refractivity contribution in [1.82, 2.24) is 9.80 Å². The summed E-state index contributed by atoms with van der Waals surface area (Å²) in [5, 5.41) is 0. The lowest BCUT2D eigenvalue weighted by Gasteiger charge is -2.50. The molecule has 2 aliphatic rings. The van der Waals surface area contributed by atoms with E-state index in [1.807, 2.05) is 0 Å². The third-order valence-electron chi connectivity index (χ3n) is 5.46. The number of likely N-dealkylation sites (tertiary alicyclic amines) is 2. The van der Waals surface area contributed by atoms with Crippen LogP contribution in [0.15, 0.2) is 60.7 Å². The SMILES string of the molecule is FC1CCN(C2CN(C(c3ccccc3)c3ccccc3)C2)CC1. The van der Waals surface area contributed by atoms with Crippen LogP contribution in [0.3, 0.4) is 0 Å². The predicted molar refractivity (Wildman–Crippen MR) is 95.8 cm³/mol. The maximum atomic E-state index is 13.4. The van der Waals surface area contributed by atoms with Gasteiger partial charge in [-0.1, -0.05) is 60.7 Å². The quantitative estimate of drug-likeness (QED) is 0.842. The highest BCUT2D eigenvalue weighted by Crippen LogP contribution is 2.34. The molecule has 0 N–H and O–H groups in total. The van der Waals surface area contributed by atoms with Gasteiger partial charge in [0.25, 0.3) is 0 Å². The van der Waals surface area contributed by atoms with Crippen LogP contribution >= 0.6 is 0 Å². The highest BCUT2D eigenvalue weighted by atomic mass is 19.1. The lowest BCUT2D eigenvalue weighted by Crippen LogP contribution is -2.61. The maximum absolute atomic E-state index is 13.4. The first-order chi connectivity index (χ1) is 11.8. The number of hydrogen-bond donors (Lipinski definition) is 0. The Labute approximate surface area is 143 Å². The molecule has 0 aromatic heterocycles. The Balaban J connectivity index is 1.48. The minimum absolute atomic E-state index is 0.322. The number of alkyl halides is 1. The largest absolute Gasteiger partial charge is 0.298 e. The number of hydrogen-bond acceptors (Lipinski definition) is 2. The Morgan fingerprint density at radius 3 is 1.79 bits per heavy atom. The molecule has 24 heavy (non-hydrogen) atoms. The molecule has 2 saturated heterocycles. The summed E-state index contributed by atoms with van der Waals surface area (Å²) in [6.07, 6.45) is 0.827. The molecule has 2 aliphatic heterocycles. The van der Waals surface area contributed by atoms with Gasteiger partial charge in [-0.3, -0.25) is 9.80 Å². The van der Waals surface area contributed by atoms with Gasteiger partial charge in [-0.25, -0.2) is 4.39 Å². The van der Waals surface area contributed by atoms with Crippen LogP contribution in [0.25, 0.3) is 0 Å². The van der Waals surface area contributed by atoms with Crippen LogP contribution in [0.1, 0.15) is 30.0 Å². The molecule has 0 spiro atoms. The standard InChI is InChI=1S/C21H25FN2/c22-19-11-13-23(14-12-19)20-15-24(16-20)21(17-7-3-1-4-8-17)18-9-5-2-6-10-18/h1-10,19-21H,11-16H2. The maximum Gasteiger partial charge on any atom is 0.103 e. The van der Waals surface area contributed by atoms with E-state index in [0.29, 0.717) is 24.9 Å². The number of rotatable bonds is 4. The molecule has 0 aliphatic carbocycles. The van der Waals surface area contributed by atoms with Crippen molar-refractivity contribution >= 4 is 0 Å². The summed E-state index contributed by atoms with van der Waals surface area (Å²) in [6.45, 7) is 3.98. The van der Waals surface area contributed by atoms with Gasteiger partial charge in [0.1, 0.15) is 6.17 Å². The van der Waals surface area contributed by atoms with E-state index in [-0.39, 0.29) is 0 Å². The van der Waals surface area contributed by atoms with E-state index >= 15 is 0 Å². The molecule has 2 aromatic rings. The molecule has 4 rings (SSSR count). The molecule has 2 heterocycles. The second kappa shape index (κ2) is 7.04. The first kappa shape index (κ1) is 15.8. The summed E-state index contributed by atoms with van der Waals surface area (Å²) in [5.74, 6) is 0. The third-order valence-corrected chi connectivity index (χ3v) is 5.46. The zero-order valence-electron chi connectivity index (χ0n) is 14.0. The van der Waals surface area contributed by atoms with Crippen LogP contribution in [-0.2, 0) is 0 Å². The van der Waals surface area contributed by atoms with Gasteiger partial charge in [0, 0.05) is 32.2 Å². The lowest BCUT2D eigenvalue weighted by atomic mass is 9.92. The van der Waals surface area contributed by atoms with Gasteiger partial charge in [-0.2, -0.15) is 0 Å². The Kier molecular flexibility index (Phi) is 4.63. The Morgan fingerprint density at radius 2 is 1.29 bits per heavy atom. The molecule has 2 aromatic carbocycles. The molecule has 0 radical (unpaired) electrons. The molecule has 3 heteroatoms. The zero-order valence-corrected chi connectivity index (χ0v) is 14.0. The molecule has 0 unspecified atom stereocenters. The van der Waals surface area contributed by atoms with Gasteiger partial charge in [0.05, 0.1) is 6.04 Å². The fraction of sp³-hybridized carbons (Fsp3) is 0.429. The van der Waals surface area contributed by atoms with Gasteiger partial charge in [0.2, 0.25) is 0 Å². The molecule has 2 fully saturated rings. The number of benzene rings is 2. The molecule has 0 bridgehead atoms. The lowest BCUT2D eigenvalue weighted by molar-refractivity contribution is -0.00514. The number of halogens is 1. The van der Waals surface area contributed by atoms with Gasteiger partial charge in [-0.05, 0) is 24.0 Å². The van der Waals surface area contributed by atoms with E-state index in [9.17, 15) is 4.39 Å². The third kappa shape index (κ3) is 3.24. The fourth-order valence-electron chi connectivity index (χ4n) is 4.05. The van der Waals surface area contributed by atoms with Crippen LogP contribution in [0.5, 0.6) is 0 Å². The average Bonchev–Trinajstić information content (AvgIpc) is 2.60. The van der Waals surface area contributed by atoms with Crippen molar-refractivity contribution in [3.63, 3.8) is 0 Å². The molecular formula is C21H25FN2.